The molecule has 2 aromatic carbocycles. The number of rotatable bonds is 6. The van der Waals surface area contributed by atoms with Crippen LogP contribution in [0.4, 0.5) is 11.4 Å². The number of nitrogens with zero attached hydrogens (tertiary/aromatic N) is 2. The lowest BCUT2D eigenvalue weighted by Crippen LogP contribution is -2.49. The van der Waals surface area contributed by atoms with E-state index in [2.05, 4.69) is 26.1 Å². The molecule has 0 bridgehead atoms. The van der Waals surface area contributed by atoms with Crippen LogP contribution >= 0.6 is 15.9 Å². The predicted molar refractivity (Wildman–Crippen MR) is 128 cm³/mol. The number of halogens is 1. The molecular formula is C24H28BrN3O3. The van der Waals surface area contributed by atoms with Crippen molar-refractivity contribution in [3.8, 4) is 5.75 Å². The molecule has 1 fully saturated rings. The maximum Gasteiger partial charge on any atom is 0.248 e. The van der Waals surface area contributed by atoms with Gasteiger partial charge in [-0.1, -0.05) is 29.8 Å². The minimum atomic E-state index is -0.212. The number of carbonyl (C=O) groups is 2. The van der Waals surface area contributed by atoms with Crippen LogP contribution in [0.2, 0.25) is 0 Å². The molecule has 1 heterocycles. The van der Waals surface area contributed by atoms with Crippen molar-refractivity contribution < 1.29 is 14.3 Å². The molecule has 2 amide bonds. The average molecular weight is 486 g/mol. The molecule has 1 aliphatic rings. The van der Waals surface area contributed by atoms with Gasteiger partial charge >= 0.3 is 0 Å². The zero-order chi connectivity index (χ0) is 22.4. The van der Waals surface area contributed by atoms with Gasteiger partial charge in [-0.2, -0.15) is 0 Å². The maximum absolute atomic E-state index is 12.3. The molecule has 1 aliphatic heterocycles. The highest BCUT2D eigenvalue weighted by molar-refractivity contribution is 9.10. The lowest BCUT2D eigenvalue weighted by atomic mass is 10.1. The highest BCUT2D eigenvalue weighted by Gasteiger charge is 2.22. The Morgan fingerprint density at radius 2 is 1.74 bits per heavy atom. The van der Waals surface area contributed by atoms with E-state index in [1.54, 1.807) is 13.2 Å². The molecular weight excluding hydrogens is 458 g/mol. The van der Waals surface area contributed by atoms with Crippen LogP contribution in [0, 0.1) is 5.92 Å². The summed E-state index contributed by atoms with van der Waals surface area (Å²) in [7, 11) is 1.60. The van der Waals surface area contributed by atoms with Crippen LogP contribution in [-0.4, -0.2) is 50.0 Å². The third-order valence-corrected chi connectivity index (χ3v) is 5.68. The van der Waals surface area contributed by atoms with Crippen LogP contribution in [0.3, 0.4) is 0 Å². The Hall–Kier alpha value is -2.80. The van der Waals surface area contributed by atoms with Gasteiger partial charge < -0.3 is 19.9 Å². The van der Waals surface area contributed by atoms with Gasteiger partial charge in [-0.25, -0.2) is 0 Å². The summed E-state index contributed by atoms with van der Waals surface area (Å²) in [4.78, 5) is 28.6. The Morgan fingerprint density at radius 1 is 1.06 bits per heavy atom. The van der Waals surface area contributed by atoms with Gasteiger partial charge in [-0.15, -0.1) is 0 Å². The van der Waals surface area contributed by atoms with Crippen LogP contribution in [0.15, 0.2) is 53.0 Å². The summed E-state index contributed by atoms with van der Waals surface area (Å²) in [5, 5.41) is 2.88. The first-order chi connectivity index (χ1) is 14.9. The van der Waals surface area contributed by atoms with E-state index >= 15 is 0 Å². The molecule has 0 aliphatic carbocycles. The van der Waals surface area contributed by atoms with E-state index in [1.807, 2.05) is 61.2 Å². The molecule has 1 saturated heterocycles. The second-order valence-electron chi connectivity index (χ2n) is 7.72. The van der Waals surface area contributed by atoms with Crippen molar-refractivity contribution in [3.63, 3.8) is 0 Å². The standard InChI is InChI=1S/C24H28BrN3O3/c1-17(2)24(30)28-14-12-27(13-15-28)21-8-6-20(7-9-21)26-23(29)11-4-18-16-19(25)5-10-22(18)31-3/h4-11,16-17H,12-15H2,1-3H3,(H,26,29)/b11-4+. The first-order valence-corrected chi connectivity index (χ1v) is 11.1. The molecule has 0 aromatic heterocycles. The molecule has 0 saturated carbocycles. The fraction of sp³-hybridized carbons (Fsp3) is 0.333. The number of piperazine rings is 1. The lowest BCUT2D eigenvalue weighted by Gasteiger charge is -2.37. The molecule has 31 heavy (non-hydrogen) atoms. The number of carbonyl (C=O) groups excluding carboxylic acids is 2. The Labute approximate surface area is 192 Å². The van der Waals surface area contributed by atoms with Gasteiger partial charge in [0.1, 0.15) is 5.75 Å². The van der Waals surface area contributed by atoms with Gasteiger partial charge in [0.25, 0.3) is 0 Å². The summed E-state index contributed by atoms with van der Waals surface area (Å²) in [6, 6.07) is 13.4. The highest BCUT2D eigenvalue weighted by atomic mass is 79.9. The zero-order valence-corrected chi connectivity index (χ0v) is 19.7. The fourth-order valence-electron chi connectivity index (χ4n) is 3.49. The largest absolute Gasteiger partial charge is 0.496 e. The summed E-state index contributed by atoms with van der Waals surface area (Å²) in [6.45, 7) is 6.96. The Morgan fingerprint density at radius 3 is 2.35 bits per heavy atom. The van der Waals surface area contributed by atoms with E-state index in [4.69, 9.17) is 4.74 Å². The number of nitrogens with one attached hydrogen (secondary N) is 1. The van der Waals surface area contributed by atoms with Crippen molar-refractivity contribution in [2.24, 2.45) is 5.92 Å². The molecule has 6 nitrogen and oxygen atoms in total. The van der Waals surface area contributed by atoms with Crippen LogP contribution in [0.1, 0.15) is 19.4 Å². The summed E-state index contributed by atoms with van der Waals surface area (Å²) in [6.07, 6.45) is 3.22. The predicted octanol–water partition coefficient (Wildman–Crippen LogP) is 4.41. The number of ether oxygens (including phenoxy) is 1. The third kappa shape index (κ3) is 6.10. The third-order valence-electron chi connectivity index (χ3n) is 5.19. The van der Waals surface area contributed by atoms with Crippen LogP contribution in [0.25, 0.3) is 6.08 Å². The van der Waals surface area contributed by atoms with E-state index in [9.17, 15) is 9.59 Å². The normalized spacial score (nSPS) is 14.2. The summed E-state index contributed by atoms with van der Waals surface area (Å²) < 4.78 is 6.24. The minimum Gasteiger partial charge on any atom is -0.496 e. The quantitative estimate of drug-likeness (QED) is 0.615. The Bertz CT molecular complexity index is 949. The number of benzene rings is 2. The SMILES string of the molecule is COc1ccc(Br)cc1/C=C/C(=O)Nc1ccc(N2CCN(C(=O)C(C)C)CC2)cc1. The van der Waals surface area contributed by atoms with Crippen molar-refractivity contribution in [1.82, 2.24) is 4.90 Å². The number of hydrogen-bond donors (Lipinski definition) is 1. The van der Waals surface area contributed by atoms with E-state index in [0.29, 0.717) is 5.75 Å². The summed E-state index contributed by atoms with van der Waals surface area (Å²) in [5.41, 5.74) is 2.63. The van der Waals surface area contributed by atoms with E-state index in [1.165, 1.54) is 6.08 Å². The molecule has 0 unspecified atom stereocenters. The summed E-state index contributed by atoms with van der Waals surface area (Å²) in [5.74, 6) is 0.738. The van der Waals surface area contributed by atoms with Crippen molar-refractivity contribution in [1.29, 1.82) is 0 Å². The molecule has 164 valence electrons. The molecule has 3 rings (SSSR count). The van der Waals surface area contributed by atoms with Gasteiger partial charge in [0.05, 0.1) is 7.11 Å². The van der Waals surface area contributed by atoms with Gasteiger partial charge in [-0.3, -0.25) is 9.59 Å². The highest BCUT2D eigenvalue weighted by Crippen LogP contribution is 2.24. The Balaban J connectivity index is 1.56. The fourth-order valence-corrected chi connectivity index (χ4v) is 3.87. The summed E-state index contributed by atoms with van der Waals surface area (Å²) >= 11 is 3.43. The van der Waals surface area contributed by atoms with E-state index < -0.39 is 0 Å². The Kier molecular flexibility index (Phi) is 7.74. The molecule has 2 aromatic rings. The van der Waals surface area contributed by atoms with Crippen molar-refractivity contribution in [2.45, 2.75) is 13.8 Å². The van der Waals surface area contributed by atoms with Crippen LogP contribution in [0.5, 0.6) is 5.75 Å². The minimum absolute atomic E-state index is 0.0352. The van der Waals surface area contributed by atoms with Gasteiger partial charge in [0.15, 0.2) is 0 Å². The number of hydrogen-bond acceptors (Lipinski definition) is 4. The molecule has 1 N–H and O–H groups in total. The molecule has 7 heteroatoms. The van der Waals surface area contributed by atoms with Crippen molar-refractivity contribution in [2.75, 3.05) is 43.5 Å². The lowest BCUT2D eigenvalue weighted by molar-refractivity contribution is -0.134. The first-order valence-electron chi connectivity index (χ1n) is 10.3. The monoisotopic (exact) mass is 485 g/mol. The van der Waals surface area contributed by atoms with Gasteiger partial charge in [-0.05, 0) is 48.5 Å². The smallest absolute Gasteiger partial charge is 0.248 e. The second kappa shape index (κ2) is 10.5. The zero-order valence-electron chi connectivity index (χ0n) is 18.1. The van der Waals surface area contributed by atoms with E-state index in [-0.39, 0.29) is 17.7 Å². The second-order valence-corrected chi connectivity index (χ2v) is 8.64. The maximum atomic E-state index is 12.3. The van der Waals surface area contributed by atoms with Gasteiger partial charge in [0.2, 0.25) is 11.8 Å². The average Bonchev–Trinajstić information content (AvgIpc) is 2.78. The van der Waals surface area contributed by atoms with Gasteiger partial charge in [0, 0.05) is 59.6 Å². The molecule has 0 radical (unpaired) electrons. The van der Waals surface area contributed by atoms with Crippen molar-refractivity contribution >= 4 is 45.2 Å². The van der Waals surface area contributed by atoms with Crippen molar-refractivity contribution in [3.05, 3.63) is 58.6 Å². The number of anilines is 2. The van der Waals surface area contributed by atoms with E-state index in [0.717, 1.165) is 47.6 Å². The first kappa shape index (κ1) is 22.9. The topological polar surface area (TPSA) is 61.9 Å². The number of methoxy groups -OCH3 is 1. The van der Waals surface area contributed by atoms with Crippen LogP contribution < -0.4 is 15.0 Å². The molecule has 0 spiro atoms. The van der Waals surface area contributed by atoms with Crippen LogP contribution in [-0.2, 0) is 9.59 Å². The molecule has 0 atom stereocenters. The number of amides is 2.